The van der Waals surface area contributed by atoms with Gasteiger partial charge in [-0.3, -0.25) is 4.40 Å². The number of halogens is 2. The highest BCUT2D eigenvalue weighted by Gasteiger charge is 2.23. The van der Waals surface area contributed by atoms with Crippen LogP contribution in [0.25, 0.3) is 16.8 Å². The summed E-state index contributed by atoms with van der Waals surface area (Å²) >= 11 is 0. The van der Waals surface area contributed by atoms with E-state index >= 15 is 0 Å². The van der Waals surface area contributed by atoms with Gasteiger partial charge in [-0.25, -0.2) is 4.98 Å². The van der Waals surface area contributed by atoms with Crippen molar-refractivity contribution in [2.45, 2.75) is 59.0 Å². The SMILES string of the molecule is CC(C)NCCCn1c(C(C)(C)C)cn2c3ccccc3nc12.Cl.Cl. The van der Waals surface area contributed by atoms with Crippen molar-refractivity contribution in [3.63, 3.8) is 0 Å². The van der Waals surface area contributed by atoms with Gasteiger partial charge in [0.1, 0.15) is 0 Å². The normalized spacial score (nSPS) is 11.8. The van der Waals surface area contributed by atoms with Gasteiger partial charge in [0.25, 0.3) is 0 Å². The molecule has 4 nitrogen and oxygen atoms in total. The second-order valence-electron chi connectivity index (χ2n) is 7.65. The lowest BCUT2D eigenvalue weighted by Crippen LogP contribution is -2.25. The van der Waals surface area contributed by atoms with Gasteiger partial charge in [-0.15, -0.1) is 24.8 Å². The fourth-order valence-corrected chi connectivity index (χ4v) is 3.10. The van der Waals surface area contributed by atoms with Crippen LogP contribution in [0.3, 0.4) is 0 Å². The third-order valence-corrected chi connectivity index (χ3v) is 4.24. The molecule has 0 spiro atoms. The lowest BCUT2D eigenvalue weighted by molar-refractivity contribution is 0.493. The molecule has 0 aliphatic rings. The topological polar surface area (TPSA) is 34.3 Å². The van der Waals surface area contributed by atoms with Gasteiger partial charge in [0, 0.05) is 29.9 Å². The Kier molecular flexibility index (Phi) is 7.36. The van der Waals surface area contributed by atoms with Gasteiger partial charge in [0.15, 0.2) is 0 Å². The van der Waals surface area contributed by atoms with E-state index < -0.39 is 0 Å². The van der Waals surface area contributed by atoms with Crippen LogP contribution < -0.4 is 5.32 Å². The summed E-state index contributed by atoms with van der Waals surface area (Å²) in [6, 6.07) is 8.90. The molecule has 0 fully saturated rings. The van der Waals surface area contributed by atoms with E-state index in [0.717, 1.165) is 30.8 Å². The zero-order chi connectivity index (χ0) is 16.6. The molecule has 3 rings (SSSR count). The number of benzene rings is 1. The number of hydrogen-bond donors (Lipinski definition) is 1. The fraction of sp³-hybridized carbons (Fsp3) is 0.526. The molecule has 1 N–H and O–H groups in total. The minimum absolute atomic E-state index is 0. The van der Waals surface area contributed by atoms with Crippen LogP contribution in [0.5, 0.6) is 0 Å². The van der Waals surface area contributed by atoms with Gasteiger partial charge in [-0.05, 0) is 25.1 Å². The lowest BCUT2D eigenvalue weighted by Gasteiger charge is -2.21. The maximum absolute atomic E-state index is 4.87. The molecule has 0 radical (unpaired) electrons. The van der Waals surface area contributed by atoms with Crippen LogP contribution in [-0.2, 0) is 12.0 Å². The first kappa shape index (κ1) is 21.8. The lowest BCUT2D eigenvalue weighted by atomic mass is 9.92. The molecule has 0 aliphatic carbocycles. The van der Waals surface area contributed by atoms with Crippen molar-refractivity contribution in [3.8, 4) is 0 Å². The summed E-state index contributed by atoms with van der Waals surface area (Å²) in [5.41, 5.74) is 3.70. The van der Waals surface area contributed by atoms with Crippen LogP contribution in [0, 0.1) is 0 Å². The number of aromatic nitrogens is 3. The van der Waals surface area contributed by atoms with E-state index in [1.807, 2.05) is 0 Å². The standard InChI is InChI=1S/C19H28N4.2ClH/c1-14(2)20-11-8-12-22-17(19(3,4)5)13-23-16-10-7-6-9-15(16)21-18(22)23;;/h6-7,9-10,13-14,20H,8,11-12H2,1-5H3;2*1H. The number of rotatable bonds is 5. The van der Waals surface area contributed by atoms with Crippen molar-refractivity contribution < 1.29 is 0 Å². The minimum atomic E-state index is 0. The molecule has 6 heteroatoms. The summed E-state index contributed by atoms with van der Waals surface area (Å²) in [7, 11) is 0. The number of nitrogens with zero attached hydrogens (tertiary/aromatic N) is 3. The predicted molar refractivity (Wildman–Crippen MR) is 112 cm³/mol. The van der Waals surface area contributed by atoms with E-state index in [0.29, 0.717) is 6.04 Å². The molecule has 0 atom stereocenters. The minimum Gasteiger partial charge on any atom is -0.314 e. The molecule has 2 aromatic heterocycles. The van der Waals surface area contributed by atoms with Crippen molar-refractivity contribution in [2.75, 3.05) is 6.54 Å². The molecule has 1 aromatic carbocycles. The smallest absolute Gasteiger partial charge is 0.215 e. The van der Waals surface area contributed by atoms with Crippen molar-refractivity contribution in [3.05, 3.63) is 36.2 Å². The molecule has 0 saturated carbocycles. The van der Waals surface area contributed by atoms with E-state index in [9.17, 15) is 0 Å². The number of para-hydroxylation sites is 2. The maximum atomic E-state index is 4.87. The van der Waals surface area contributed by atoms with E-state index in [4.69, 9.17) is 4.98 Å². The van der Waals surface area contributed by atoms with E-state index in [1.54, 1.807) is 0 Å². The number of hydrogen-bond acceptors (Lipinski definition) is 2. The Morgan fingerprint density at radius 1 is 1.12 bits per heavy atom. The summed E-state index contributed by atoms with van der Waals surface area (Å²) < 4.78 is 4.63. The van der Waals surface area contributed by atoms with Crippen molar-refractivity contribution >= 4 is 41.6 Å². The zero-order valence-electron chi connectivity index (χ0n) is 15.7. The molecular formula is C19H30Cl2N4. The molecule has 25 heavy (non-hydrogen) atoms. The number of imidazole rings is 2. The molecule has 0 unspecified atom stereocenters. The first-order chi connectivity index (χ1) is 10.9. The van der Waals surface area contributed by atoms with Gasteiger partial charge in [0.2, 0.25) is 5.78 Å². The van der Waals surface area contributed by atoms with Crippen molar-refractivity contribution in [1.82, 2.24) is 19.3 Å². The van der Waals surface area contributed by atoms with Crippen molar-refractivity contribution in [2.24, 2.45) is 0 Å². The highest BCUT2D eigenvalue weighted by atomic mass is 35.5. The van der Waals surface area contributed by atoms with E-state index in [2.05, 4.69) is 79.4 Å². The largest absolute Gasteiger partial charge is 0.314 e. The van der Waals surface area contributed by atoms with Crippen LogP contribution in [0.1, 0.15) is 46.7 Å². The van der Waals surface area contributed by atoms with Crippen LogP contribution in [0.2, 0.25) is 0 Å². The highest BCUT2D eigenvalue weighted by molar-refractivity contribution is 5.85. The number of fused-ring (bicyclic) bond motifs is 3. The van der Waals surface area contributed by atoms with Crippen LogP contribution in [-0.4, -0.2) is 26.5 Å². The highest BCUT2D eigenvalue weighted by Crippen LogP contribution is 2.28. The molecule has 140 valence electrons. The Morgan fingerprint density at radius 2 is 1.80 bits per heavy atom. The summed E-state index contributed by atoms with van der Waals surface area (Å²) in [5, 5.41) is 3.50. The van der Waals surface area contributed by atoms with Gasteiger partial charge >= 0.3 is 0 Å². The van der Waals surface area contributed by atoms with Crippen molar-refractivity contribution in [1.29, 1.82) is 0 Å². The maximum Gasteiger partial charge on any atom is 0.215 e. The van der Waals surface area contributed by atoms with Gasteiger partial charge < -0.3 is 9.88 Å². The quantitative estimate of drug-likeness (QED) is 0.639. The average molecular weight is 385 g/mol. The van der Waals surface area contributed by atoms with Crippen LogP contribution in [0.15, 0.2) is 30.5 Å². The Bertz CT molecular complexity index is 812. The summed E-state index contributed by atoms with van der Waals surface area (Å²) in [6.45, 7) is 13.2. The number of nitrogens with one attached hydrogen (secondary N) is 1. The van der Waals surface area contributed by atoms with E-state index in [-0.39, 0.29) is 30.2 Å². The van der Waals surface area contributed by atoms with Gasteiger partial charge in [0.05, 0.1) is 11.0 Å². The van der Waals surface area contributed by atoms with Gasteiger partial charge in [-0.2, -0.15) is 0 Å². The van der Waals surface area contributed by atoms with E-state index in [1.165, 1.54) is 11.2 Å². The first-order valence-corrected chi connectivity index (χ1v) is 8.58. The third kappa shape index (κ3) is 4.49. The molecule has 0 aliphatic heterocycles. The second kappa shape index (κ2) is 8.43. The average Bonchev–Trinajstić information content (AvgIpc) is 2.99. The summed E-state index contributed by atoms with van der Waals surface area (Å²) in [5.74, 6) is 1.06. The first-order valence-electron chi connectivity index (χ1n) is 8.58. The number of aryl methyl sites for hydroxylation is 1. The van der Waals surface area contributed by atoms with Crippen LogP contribution >= 0.6 is 24.8 Å². The summed E-state index contributed by atoms with van der Waals surface area (Å²) in [4.78, 5) is 4.87. The zero-order valence-corrected chi connectivity index (χ0v) is 17.4. The molecule has 3 aromatic rings. The summed E-state index contributed by atoms with van der Waals surface area (Å²) in [6.07, 6.45) is 3.37. The monoisotopic (exact) mass is 384 g/mol. The molecule has 0 bridgehead atoms. The predicted octanol–water partition coefficient (Wildman–Crippen LogP) is 4.82. The Labute approximate surface area is 162 Å². The molecule has 2 heterocycles. The Hall–Kier alpha value is -1.23. The molecular weight excluding hydrogens is 355 g/mol. The second-order valence-corrected chi connectivity index (χ2v) is 7.65. The Balaban J connectivity index is 0.00000156. The Morgan fingerprint density at radius 3 is 2.44 bits per heavy atom. The molecule has 0 amide bonds. The van der Waals surface area contributed by atoms with Gasteiger partial charge in [-0.1, -0.05) is 46.8 Å². The fourth-order valence-electron chi connectivity index (χ4n) is 3.10. The third-order valence-electron chi connectivity index (χ3n) is 4.24. The van der Waals surface area contributed by atoms with Crippen LogP contribution in [0.4, 0.5) is 0 Å². The molecule has 0 saturated heterocycles.